The molecule has 1 rings (SSSR count). The lowest BCUT2D eigenvalue weighted by molar-refractivity contribution is 0.254. The Hall–Kier alpha value is -0.123. The van der Waals surface area contributed by atoms with E-state index in [4.69, 9.17) is 9.53 Å². The summed E-state index contributed by atoms with van der Waals surface area (Å²) in [5.41, 5.74) is 0.327. The summed E-state index contributed by atoms with van der Waals surface area (Å²) < 4.78 is 6.31. The molecule has 1 aliphatic carbocycles. The highest BCUT2D eigenvalue weighted by Gasteiger charge is 2.56. The van der Waals surface area contributed by atoms with Crippen LogP contribution < -0.4 is 0 Å². The minimum atomic E-state index is -1.62. The summed E-state index contributed by atoms with van der Waals surface area (Å²) in [5, 5.41) is 9.13. The summed E-state index contributed by atoms with van der Waals surface area (Å²) in [6, 6.07) is 0. The van der Waals surface area contributed by atoms with E-state index < -0.39 is 8.32 Å². The Bertz CT molecular complexity index is 313. The molecule has 1 saturated carbocycles. The molecule has 0 spiro atoms. The lowest BCUT2D eigenvalue weighted by atomic mass is 10.1. The first-order valence-electron chi connectivity index (χ1n) is 6.95. The van der Waals surface area contributed by atoms with Crippen LogP contribution in [-0.2, 0) is 4.43 Å². The van der Waals surface area contributed by atoms with Crippen LogP contribution in [0.15, 0.2) is 12.2 Å². The monoisotopic (exact) mass is 270 g/mol. The molecule has 0 unspecified atom stereocenters. The van der Waals surface area contributed by atoms with Gasteiger partial charge in [0, 0.05) is 6.61 Å². The van der Waals surface area contributed by atoms with Crippen molar-refractivity contribution >= 4 is 8.32 Å². The lowest BCUT2D eigenvalue weighted by Crippen LogP contribution is -2.41. The predicted octanol–water partition coefficient (Wildman–Crippen LogP) is 3.83. The predicted molar refractivity (Wildman–Crippen MR) is 80.1 cm³/mol. The van der Waals surface area contributed by atoms with Crippen molar-refractivity contribution < 1.29 is 9.53 Å². The van der Waals surface area contributed by atoms with Gasteiger partial charge >= 0.3 is 0 Å². The standard InChI is InChI=1S/C15H30O2Si/c1-14(2,3)18(6,7)17-11-13-12(9-8-10-16)15(13,4)5/h8-9,12-13,16H,10-11H2,1-7H3/b9-8+/t12-,13+/m0/s1. The van der Waals surface area contributed by atoms with Crippen LogP contribution in [0, 0.1) is 17.3 Å². The van der Waals surface area contributed by atoms with Crippen LogP contribution in [0.25, 0.3) is 0 Å². The second-order valence-corrected chi connectivity index (χ2v) is 12.4. The van der Waals surface area contributed by atoms with E-state index in [-0.39, 0.29) is 11.6 Å². The molecule has 0 aliphatic heterocycles. The zero-order valence-corrected chi connectivity index (χ0v) is 14.1. The van der Waals surface area contributed by atoms with Gasteiger partial charge in [-0.1, -0.05) is 46.8 Å². The van der Waals surface area contributed by atoms with Crippen LogP contribution in [0.2, 0.25) is 18.1 Å². The van der Waals surface area contributed by atoms with E-state index in [2.05, 4.69) is 53.8 Å². The molecule has 1 aliphatic rings. The zero-order valence-electron chi connectivity index (χ0n) is 13.1. The van der Waals surface area contributed by atoms with Crippen LogP contribution in [0.3, 0.4) is 0 Å². The first-order chi connectivity index (χ1) is 8.04. The average molecular weight is 270 g/mol. The van der Waals surface area contributed by atoms with Gasteiger partial charge in [0.2, 0.25) is 0 Å². The zero-order chi connectivity index (χ0) is 14.2. The number of hydrogen-bond acceptors (Lipinski definition) is 2. The molecular weight excluding hydrogens is 240 g/mol. The van der Waals surface area contributed by atoms with Crippen LogP contribution in [0.4, 0.5) is 0 Å². The van der Waals surface area contributed by atoms with E-state index >= 15 is 0 Å². The van der Waals surface area contributed by atoms with Crippen LogP contribution in [0.5, 0.6) is 0 Å². The van der Waals surface area contributed by atoms with E-state index in [1.165, 1.54) is 0 Å². The van der Waals surface area contributed by atoms with Gasteiger partial charge in [-0.05, 0) is 35.4 Å². The molecule has 1 fully saturated rings. The van der Waals surface area contributed by atoms with Crippen molar-refractivity contribution in [1.82, 2.24) is 0 Å². The molecular formula is C15H30O2Si. The van der Waals surface area contributed by atoms with Crippen molar-refractivity contribution in [3.8, 4) is 0 Å². The number of aliphatic hydroxyl groups excluding tert-OH is 1. The van der Waals surface area contributed by atoms with Gasteiger partial charge in [0.25, 0.3) is 0 Å². The smallest absolute Gasteiger partial charge is 0.191 e. The topological polar surface area (TPSA) is 29.5 Å². The van der Waals surface area contributed by atoms with Gasteiger partial charge in [0.1, 0.15) is 0 Å². The summed E-state index contributed by atoms with van der Waals surface area (Å²) >= 11 is 0. The second kappa shape index (κ2) is 5.10. The van der Waals surface area contributed by atoms with Gasteiger partial charge < -0.3 is 9.53 Å². The summed E-state index contributed by atoms with van der Waals surface area (Å²) in [5.74, 6) is 1.17. The van der Waals surface area contributed by atoms with Gasteiger partial charge in [0.05, 0.1) is 6.61 Å². The third-order valence-electron chi connectivity index (χ3n) is 5.02. The maximum Gasteiger partial charge on any atom is 0.191 e. The molecule has 0 aromatic heterocycles. The normalized spacial score (nSPS) is 27.8. The summed E-state index contributed by atoms with van der Waals surface area (Å²) in [6.07, 6.45) is 4.01. The minimum absolute atomic E-state index is 0.141. The van der Waals surface area contributed by atoms with Gasteiger partial charge in [-0.15, -0.1) is 0 Å². The van der Waals surface area contributed by atoms with Crippen molar-refractivity contribution in [2.75, 3.05) is 13.2 Å². The highest BCUT2D eigenvalue weighted by Crippen LogP contribution is 2.59. The number of aliphatic hydroxyl groups is 1. The molecule has 0 heterocycles. The average Bonchev–Trinajstić information content (AvgIpc) is 2.72. The van der Waals surface area contributed by atoms with Crippen molar-refractivity contribution in [2.24, 2.45) is 17.3 Å². The van der Waals surface area contributed by atoms with Crippen molar-refractivity contribution in [1.29, 1.82) is 0 Å². The molecule has 18 heavy (non-hydrogen) atoms. The molecule has 0 saturated heterocycles. The highest BCUT2D eigenvalue weighted by molar-refractivity contribution is 6.74. The number of allylic oxidation sites excluding steroid dienone is 1. The molecule has 3 heteroatoms. The molecule has 0 aromatic rings. The summed E-state index contributed by atoms with van der Waals surface area (Å²) in [4.78, 5) is 0. The van der Waals surface area contributed by atoms with Crippen LogP contribution >= 0.6 is 0 Å². The van der Waals surface area contributed by atoms with Crippen LogP contribution in [-0.4, -0.2) is 26.6 Å². The van der Waals surface area contributed by atoms with Crippen molar-refractivity contribution in [2.45, 2.75) is 52.8 Å². The molecule has 0 radical (unpaired) electrons. The van der Waals surface area contributed by atoms with Gasteiger partial charge in [-0.3, -0.25) is 0 Å². The highest BCUT2D eigenvalue weighted by atomic mass is 28.4. The van der Waals surface area contributed by atoms with E-state index in [0.717, 1.165) is 6.61 Å². The first-order valence-corrected chi connectivity index (χ1v) is 9.86. The van der Waals surface area contributed by atoms with E-state index in [1.54, 1.807) is 0 Å². The fraction of sp³-hybridized carbons (Fsp3) is 0.867. The Kier molecular flexibility index (Phi) is 4.52. The van der Waals surface area contributed by atoms with E-state index in [0.29, 0.717) is 17.3 Å². The lowest BCUT2D eigenvalue weighted by Gasteiger charge is -2.36. The Morgan fingerprint density at radius 3 is 2.28 bits per heavy atom. The number of rotatable bonds is 5. The minimum Gasteiger partial charge on any atom is -0.417 e. The summed E-state index contributed by atoms with van der Waals surface area (Å²) in [7, 11) is -1.62. The Morgan fingerprint density at radius 1 is 1.28 bits per heavy atom. The Morgan fingerprint density at radius 2 is 1.83 bits per heavy atom. The Balaban J connectivity index is 2.54. The molecule has 2 atom stereocenters. The molecule has 1 N–H and O–H groups in total. The van der Waals surface area contributed by atoms with Crippen LogP contribution in [0.1, 0.15) is 34.6 Å². The SMILES string of the molecule is CC1(C)[C@H](CO[Si](C)(C)C(C)(C)C)[C@@H]1/C=C/CO. The van der Waals surface area contributed by atoms with Crippen molar-refractivity contribution in [3.05, 3.63) is 12.2 Å². The maximum absolute atomic E-state index is 8.85. The molecule has 0 bridgehead atoms. The fourth-order valence-corrected chi connectivity index (χ4v) is 3.24. The molecule has 0 amide bonds. The molecule has 106 valence electrons. The van der Waals surface area contributed by atoms with Gasteiger partial charge in [-0.25, -0.2) is 0 Å². The molecule has 0 aromatic carbocycles. The Labute approximate surface area is 114 Å². The second-order valence-electron chi connectivity index (χ2n) is 7.64. The van der Waals surface area contributed by atoms with Crippen molar-refractivity contribution in [3.63, 3.8) is 0 Å². The van der Waals surface area contributed by atoms with Gasteiger partial charge in [-0.2, -0.15) is 0 Å². The maximum atomic E-state index is 8.85. The van der Waals surface area contributed by atoms with E-state index in [1.807, 2.05) is 6.08 Å². The third kappa shape index (κ3) is 3.25. The largest absolute Gasteiger partial charge is 0.417 e. The number of hydrogen-bond donors (Lipinski definition) is 1. The molecule has 2 nitrogen and oxygen atoms in total. The quantitative estimate of drug-likeness (QED) is 0.608. The van der Waals surface area contributed by atoms with Gasteiger partial charge in [0.15, 0.2) is 8.32 Å². The summed E-state index contributed by atoms with van der Waals surface area (Å²) in [6.45, 7) is 17.0. The van der Waals surface area contributed by atoms with E-state index in [9.17, 15) is 0 Å². The third-order valence-corrected chi connectivity index (χ3v) is 9.52. The first kappa shape index (κ1) is 15.9. The fourth-order valence-electron chi connectivity index (χ4n) is 2.21.